The monoisotopic (exact) mass is 325 g/mol. The van der Waals surface area contributed by atoms with E-state index in [9.17, 15) is 18.3 Å². The molecule has 8 heteroatoms. The fraction of sp³-hybridized carbons (Fsp3) is 0.500. The molecule has 1 saturated carbocycles. The van der Waals surface area contributed by atoms with Crippen molar-refractivity contribution < 1.29 is 27.8 Å². The summed E-state index contributed by atoms with van der Waals surface area (Å²) in [6.45, 7) is 1.03. The Bertz CT molecular complexity index is 761. The van der Waals surface area contributed by atoms with Crippen molar-refractivity contribution in [2.24, 2.45) is 5.92 Å². The van der Waals surface area contributed by atoms with Crippen LogP contribution >= 0.6 is 0 Å². The van der Waals surface area contributed by atoms with E-state index in [0.717, 1.165) is 4.31 Å². The number of aliphatic carboxylic acids is 1. The van der Waals surface area contributed by atoms with Crippen LogP contribution in [0.25, 0.3) is 0 Å². The van der Waals surface area contributed by atoms with Gasteiger partial charge in [-0.15, -0.1) is 0 Å². The maximum absolute atomic E-state index is 12.8. The molecule has 2 heterocycles. The third kappa shape index (κ3) is 1.70. The predicted octanol–water partition coefficient (Wildman–Crippen LogP) is 0.696. The average molecular weight is 325 g/mol. The van der Waals surface area contributed by atoms with Crippen LogP contribution in [-0.4, -0.2) is 49.1 Å². The lowest BCUT2D eigenvalue weighted by Gasteiger charge is -2.25. The summed E-state index contributed by atoms with van der Waals surface area (Å²) in [5.74, 6) is -0.250. The first-order chi connectivity index (χ1) is 10.5. The quantitative estimate of drug-likeness (QED) is 0.879. The van der Waals surface area contributed by atoms with Gasteiger partial charge in [0.05, 0.1) is 4.90 Å². The van der Waals surface area contributed by atoms with E-state index in [1.165, 1.54) is 12.1 Å². The summed E-state index contributed by atoms with van der Waals surface area (Å²) in [6, 6.07) is 4.40. The second-order valence-corrected chi connectivity index (χ2v) is 7.66. The van der Waals surface area contributed by atoms with Crippen molar-refractivity contribution in [2.75, 3.05) is 19.8 Å². The third-order valence-electron chi connectivity index (χ3n) is 4.67. The number of fused-ring (bicyclic) bond motifs is 2. The summed E-state index contributed by atoms with van der Waals surface area (Å²) in [5.41, 5.74) is -1.24. The van der Waals surface area contributed by atoms with Crippen LogP contribution in [0.15, 0.2) is 23.1 Å². The van der Waals surface area contributed by atoms with Gasteiger partial charge in [0.25, 0.3) is 0 Å². The molecule has 4 rings (SSSR count). The fourth-order valence-corrected chi connectivity index (χ4v) is 5.28. The molecular weight excluding hydrogens is 310 g/mol. The van der Waals surface area contributed by atoms with Crippen LogP contribution in [-0.2, 0) is 14.8 Å². The van der Waals surface area contributed by atoms with Crippen LogP contribution in [0.3, 0.4) is 0 Å². The van der Waals surface area contributed by atoms with Crippen LogP contribution < -0.4 is 9.47 Å². The van der Waals surface area contributed by atoms with Crippen molar-refractivity contribution in [3.8, 4) is 11.5 Å². The molecular formula is C14H15NO6S. The topological polar surface area (TPSA) is 93.1 Å². The molecule has 1 aromatic carbocycles. The summed E-state index contributed by atoms with van der Waals surface area (Å²) < 4.78 is 37.6. The minimum atomic E-state index is -3.87. The fourth-order valence-electron chi connectivity index (χ4n) is 3.45. The van der Waals surface area contributed by atoms with Gasteiger partial charge in [-0.3, -0.25) is 4.79 Å². The minimum Gasteiger partial charge on any atom is -0.486 e. The van der Waals surface area contributed by atoms with E-state index in [0.29, 0.717) is 37.6 Å². The first-order valence-corrected chi connectivity index (χ1v) is 8.56. The molecule has 1 aromatic rings. The van der Waals surface area contributed by atoms with E-state index in [-0.39, 0.29) is 17.4 Å². The Kier molecular flexibility index (Phi) is 2.74. The highest BCUT2D eigenvalue weighted by atomic mass is 32.2. The number of benzene rings is 1. The zero-order valence-corrected chi connectivity index (χ0v) is 12.5. The highest BCUT2D eigenvalue weighted by molar-refractivity contribution is 7.89. The molecule has 0 aromatic heterocycles. The van der Waals surface area contributed by atoms with E-state index in [4.69, 9.17) is 9.47 Å². The van der Waals surface area contributed by atoms with Crippen LogP contribution in [0, 0.1) is 5.92 Å². The molecule has 118 valence electrons. The predicted molar refractivity (Wildman–Crippen MR) is 74.4 cm³/mol. The van der Waals surface area contributed by atoms with Gasteiger partial charge in [0.15, 0.2) is 11.5 Å². The lowest BCUT2D eigenvalue weighted by molar-refractivity contribution is -0.142. The second kappa shape index (κ2) is 4.36. The molecule has 0 bridgehead atoms. The van der Waals surface area contributed by atoms with Crippen molar-refractivity contribution in [2.45, 2.75) is 23.3 Å². The maximum Gasteiger partial charge on any atom is 0.325 e. The van der Waals surface area contributed by atoms with E-state index in [1.807, 2.05) is 0 Å². The molecule has 2 atom stereocenters. The largest absolute Gasteiger partial charge is 0.486 e. The first-order valence-electron chi connectivity index (χ1n) is 7.12. The van der Waals surface area contributed by atoms with Gasteiger partial charge < -0.3 is 14.6 Å². The van der Waals surface area contributed by atoms with E-state index < -0.39 is 21.5 Å². The van der Waals surface area contributed by atoms with Gasteiger partial charge in [0.1, 0.15) is 18.8 Å². The van der Waals surface area contributed by atoms with Crippen molar-refractivity contribution >= 4 is 16.0 Å². The standard InChI is InChI=1S/C14H15NO6S/c16-13(17)14-8-9(14)3-4-15(14)22(18,19)10-1-2-11-12(7-10)21-6-5-20-11/h1-2,7,9H,3-6,8H2,(H,16,17)/t9-,14-/m0/s1. The third-order valence-corrected chi connectivity index (χ3v) is 6.61. The molecule has 3 aliphatic rings. The van der Waals surface area contributed by atoms with Gasteiger partial charge in [0.2, 0.25) is 10.0 Å². The highest BCUT2D eigenvalue weighted by Crippen LogP contribution is 2.57. The van der Waals surface area contributed by atoms with E-state index in [1.54, 1.807) is 6.07 Å². The first kappa shape index (κ1) is 13.8. The van der Waals surface area contributed by atoms with Gasteiger partial charge in [0, 0.05) is 12.6 Å². The summed E-state index contributed by atoms with van der Waals surface area (Å²) in [6.07, 6.45) is 0.988. The molecule has 0 radical (unpaired) electrons. The molecule has 1 aliphatic carbocycles. The number of piperidine rings is 1. The Morgan fingerprint density at radius 3 is 2.68 bits per heavy atom. The maximum atomic E-state index is 12.8. The van der Waals surface area contributed by atoms with E-state index >= 15 is 0 Å². The Morgan fingerprint density at radius 2 is 2.00 bits per heavy atom. The number of rotatable bonds is 3. The number of nitrogens with zero attached hydrogens (tertiary/aromatic N) is 1. The van der Waals surface area contributed by atoms with Crippen LogP contribution in [0.4, 0.5) is 0 Å². The van der Waals surface area contributed by atoms with Gasteiger partial charge >= 0.3 is 5.97 Å². The summed E-state index contributed by atoms with van der Waals surface area (Å²) >= 11 is 0. The van der Waals surface area contributed by atoms with Gasteiger partial charge in [-0.05, 0) is 30.9 Å². The SMILES string of the molecule is O=C(O)[C@]12C[C@@H]1CCN2S(=O)(=O)c1ccc2c(c1)OCCO2. The van der Waals surface area contributed by atoms with E-state index in [2.05, 4.69) is 0 Å². The minimum absolute atomic E-state index is 0.0462. The van der Waals surface area contributed by atoms with Crippen molar-refractivity contribution in [1.82, 2.24) is 4.31 Å². The van der Waals surface area contributed by atoms with Crippen molar-refractivity contribution in [1.29, 1.82) is 0 Å². The molecule has 22 heavy (non-hydrogen) atoms. The van der Waals surface area contributed by atoms with Gasteiger partial charge in [-0.1, -0.05) is 0 Å². The molecule has 1 saturated heterocycles. The lowest BCUT2D eigenvalue weighted by Crippen LogP contribution is -2.45. The number of ether oxygens (including phenoxy) is 2. The normalized spacial score (nSPS) is 29.9. The Hall–Kier alpha value is -1.80. The molecule has 2 aliphatic heterocycles. The summed E-state index contributed by atoms with van der Waals surface area (Å²) in [5, 5.41) is 9.44. The molecule has 1 N–H and O–H groups in total. The van der Waals surface area contributed by atoms with Crippen LogP contribution in [0.5, 0.6) is 11.5 Å². The van der Waals surface area contributed by atoms with Gasteiger partial charge in [-0.25, -0.2) is 8.42 Å². The summed E-state index contributed by atoms with van der Waals surface area (Å²) in [4.78, 5) is 11.6. The zero-order valence-electron chi connectivity index (χ0n) is 11.7. The summed E-state index contributed by atoms with van der Waals surface area (Å²) in [7, 11) is -3.87. The number of hydrogen-bond donors (Lipinski definition) is 1. The Labute approximate surface area is 127 Å². The molecule has 7 nitrogen and oxygen atoms in total. The highest BCUT2D eigenvalue weighted by Gasteiger charge is 2.70. The number of sulfonamides is 1. The Morgan fingerprint density at radius 1 is 1.27 bits per heavy atom. The average Bonchev–Trinajstić information content (AvgIpc) is 3.12. The number of carbonyl (C=O) groups is 1. The second-order valence-electron chi connectivity index (χ2n) is 5.80. The van der Waals surface area contributed by atoms with Gasteiger partial charge in [-0.2, -0.15) is 4.31 Å². The molecule has 0 amide bonds. The Balaban J connectivity index is 1.74. The van der Waals surface area contributed by atoms with Crippen molar-refractivity contribution in [3.05, 3.63) is 18.2 Å². The smallest absolute Gasteiger partial charge is 0.325 e. The zero-order chi connectivity index (χ0) is 15.5. The van der Waals surface area contributed by atoms with Crippen LogP contribution in [0.2, 0.25) is 0 Å². The number of carboxylic acids is 1. The lowest BCUT2D eigenvalue weighted by atomic mass is 10.2. The van der Waals surface area contributed by atoms with Crippen molar-refractivity contribution in [3.63, 3.8) is 0 Å². The van der Waals surface area contributed by atoms with Crippen LogP contribution in [0.1, 0.15) is 12.8 Å². The molecule has 2 fully saturated rings. The number of carboxylic acid groups (broad SMARTS) is 1. The number of hydrogen-bond acceptors (Lipinski definition) is 5. The molecule has 0 spiro atoms. The molecule has 0 unspecified atom stereocenters.